The van der Waals surface area contributed by atoms with E-state index in [-0.39, 0.29) is 0 Å². The van der Waals surface area contributed by atoms with E-state index in [0.717, 1.165) is 17.5 Å². The Hall–Kier alpha value is -1.39. The maximum Gasteiger partial charge on any atom is 0.126 e. The summed E-state index contributed by atoms with van der Waals surface area (Å²) in [6.07, 6.45) is 0. The lowest BCUT2D eigenvalue weighted by Gasteiger charge is -2.13. The Balaban J connectivity index is 2.04. The van der Waals surface area contributed by atoms with E-state index in [1.54, 1.807) is 11.8 Å². The minimum Gasteiger partial charge on any atom is -0.310 e. The average Bonchev–Trinajstić information content (AvgIpc) is 2.45. The summed E-state index contributed by atoms with van der Waals surface area (Å²) >= 11 is 1.58. The fourth-order valence-electron chi connectivity index (χ4n) is 2.16. The Morgan fingerprint density at radius 2 is 1.81 bits per heavy atom. The third kappa shape index (κ3) is 4.83. The van der Waals surface area contributed by atoms with Gasteiger partial charge < -0.3 is 5.32 Å². The molecule has 0 radical (unpaired) electrons. The van der Waals surface area contributed by atoms with E-state index in [1.807, 2.05) is 12.1 Å². The van der Waals surface area contributed by atoms with Gasteiger partial charge in [-0.3, -0.25) is 0 Å². The Bertz CT molecular complexity index is 581. The summed E-state index contributed by atoms with van der Waals surface area (Å²) in [4.78, 5) is 1.10. The number of halogens is 2. The zero-order valence-electron chi connectivity index (χ0n) is 12.2. The van der Waals surface area contributed by atoms with Crippen molar-refractivity contribution >= 4 is 11.8 Å². The van der Waals surface area contributed by atoms with Crippen LogP contribution < -0.4 is 5.32 Å². The molecule has 4 heteroatoms. The molecule has 1 unspecified atom stereocenters. The van der Waals surface area contributed by atoms with Gasteiger partial charge in [0.25, 0.3) is 0 Å². The molecule has 0 fully saturated rings. The summed E-state index contributed by atoms with van der Waals surface area (Å²) in [6, 6.07) is 12.2. The van der Waals surface area contributed by atoms with Crippen molar-refractivity contribution in [1.29, 1.82) is 0 Å². The lowest BCUT2D eigenvalue weighted by atomic mass is 10.1. The van der Waals surface area contributed by atoms with Crippen LogP contribution in [0.5, 0.6) is 0 Å². The van der Waals surface area contributed by atoms with Crippen LogP contribution in [-0.4, -0.2) is 6.54 Å². The summed E-state index contributed by atoms with van der Waals surface area (Å²) in [5, 5.41) is 3.37. The van der Waals surface area contributed by atoms with Gasteiger partial charge in [0.15, 0.2) is 0 Å². The zero-order valence-corrected chi connectivity index (χ0v) is 13.0. The highest BCUT2D eigenvalue weighted by molar-refractivity contribution is 7.98. The third-order valence-electron chi connectivity index (χ3n) is 3.20. The van der Waals surface area contributed by atoms with E-state index < -0.39 is 11.6 Å². The first kappa shape index (κ1) is 16.0. The molecule has 1 N–H and O–H groups in total. The van der Waals surface area contributed by atoms with E-state index in [4.69, 9.17) is 0 Å². The van der Waals surface area contributed by atoms with Gasteiger partial charge in [0.2, 0.25) is 0 Å². The van der Waals surface area contributed by atoms with Gasteiger partial charge in [-0.05, 0) is 48.9 Å². The first-order valence-electron chi connectivity index (χ1n) is 6.99. The number of rotatable bonds is 6. The molecule has 2 rings (SSSR count). The van der Waals surface area contributed by atoms with Crippen LogP contribution in [0.4, 0.5) is 8.78 Å². The van der Waals surface area contributed by atoms with Crippen molar-refractivity contribution in [1.82, 2.24) is 5.32 Å². The maximum absolute atomic E-state index is 13.2. The smallest absolute Gasteiger partial charge is 0.126 e. The predicted molar refractivity (Wildman–Crippen MR) is 84.5 cm³/mol. The second kappa shape index (κ2) is 7.57. The fourth-order valence-corrected chi connectivity index (χ4v) is 3.05. The number of nitrogens with one attached hydrogen (secondary N) is 1. The van der Waals surface area contributed by atoms with Gasteiger partial charge >= 0.3 is 0 Å². The minimum atomic E-state index is -0.528. The Kier molecular flexibility index (Phi) is 5.76. The molecule has 2 aromatic carbocycles. The standard InChI is InChI=1S/C17H19F2NS/c1-3-20-12(2)14-5-4-6-17(9-14)21-11-13-7-15(18)10-16(19)8-13/h4-10,12,20H,3,11H2,1-2H3. The van der Waals surface area contributed by atoms with Gasteiger partial charge in [-0.25, -0.2) is 8.78 Å². The molecule has 0 saturated carbocycles. The van der Waals surface area contributed by atoms with Gasteiger partial charge in [0.05, 0.1) is 0 Å². The molecule has 21 heavy (non-hydrogen) atoms. The van der Waals surface area contributed by atoms with Crippen molar-refractivity contribution in [2.75, 3.05) is 6.54 Å². The zero-order chi connectivity index (χ0) is 15.2. The molecule has 0 aromatic heterocycles. The van der Waals surface area contributed by atoms with Crippen molar-refractivity contribution in [3.05, 3.63) is 65.2 Å². The lowest BCUT2D eigenvalue weighted by molar-refractivity contribution is 0.581. The maximum atomic E-state index is 13.2. The van der Waals surface area contributed by atoms with Gasteiger partial charge in [-0.1, -0.05) is 19.1 Å². The van der Waals surface area contributed by atoms with Gasteiger partial charge in [-0.2, -0.15) is 0 Å². The van der Waals surface area contributed by atoms with Crippen LogP contribution in [0.2, 0.25) is 0 Å². The van der Waals surface area contributed by atoms with Crippen molar-refractivity contribution in [2.45, 2.75) is 30.5 Å². The highest BCUT2D eigenvalue weighted by atomic mass is 32.2. The number of hydrogen-bond acceptors (Lipinski definition) is 2. The van der Waals surface area contributed by atoms with Crippen LogP contribution >= 0.6 is 11.8 Å². The van der Waals surface area contributed by atoms with Crippen LogP contribution in [-0.2, 0) is 5.75 Å². The third-order valence-corrected chi connectivity index (χ3v) is 4.26. The largest absolute Gasteiger partial charge is 0.310 e. The molecule has 1 atom stereocenters. The van der Waals surface area contributed by atoms with Gasteiger partial charge in [0.1, 0.15) is 11.6 Å². The van der Waals surface area contributed by atoms with Crippen LogP contribution in [0.3, 0.4) is 0 Å². The van der Waals surface area contributed by atoms with Crippen molar-refractivity contribution in [3.8, 4) is 0 Å². The topological polar surface area (TPSA) is 12.0 Å². The monoisotopic (exact) mass is 307 g/mol. The number of hydrogen-bond donors (Lipinski definition) is 1. The summed E-state index contributed by atoms with van der Waals surface area (Å²) in [5.41, 5.74) is 1.87. The molecule has 0 aliphatic carbocycles. The first-order valence-corrected chi connectivity index (χ1v) is 7.98. The molecule has 0 aliphatic rings. The van der Waals surface area contributed by atoms with Crippen LogP contribution in [0, 0.1) is 11.6 Å². The fraction of sp³-hybridized carbons (Fsp3) is 0.294. The van der Waals surface area contributed by atoms with E-state index in [9.17, 15) is 8.78 Å². The van der Waals surface area contributed by atoms with Crippen molar-refractivity contribution < 1.29 is 8.78 Å². The SMILES string of the molecule is CCNC(C)c1cccc(SCc2cc(F)cc(F)c2)c1. The summed E-state index contributed by atoms with van der Waals surface area (Å²) < 4.78 is 26.3. The van der Waals surface area contributed by atoms with Crippen molar-refractivity contribution in [2.24, 2.45) is 0 Å². The van der Waals surface area contributed by atoms with Gasteiger partial charge in [-0.15, -0.1) is 11.8 Å². The molecular weight excluding hydrogens is 288 g/mol. The van der Waals surface area contributed by atoms with Crippen LogP contribution in [0.15, 0.2) is 47.4 Å². The molecule has 0 saturated heterocycles. The first-order chi connectivity index (χ1) is 10.1. The second-order valence-electron chi connectivity index (χ2n) is 4.92. The molecule has 2 aromatic rings. The Morgan fingerprint density at radius 3 is 2.48 bits per heavy atom. The predicted octanol–water partition coefficient (Wildman–Crippen LogP) is 4.93. The highest BCUT2D eigenvalue weighted by Crippen LogP contribution is 2.26. The van der Waals surface area contributed by atoms with E-state index >= 15 is 0 Å². The lowest BCUT2D eigenvalue weighted by Crippen LogP contribution is -2.17. The van der Waals surface area contributed by atoms with E-state index in [0.29, 0.717) is 17.4 Å². The van der Waals surface area contributed by atoms with Crippen LogP contribution in [0.1, 0.15) is 31.0 Å². The molecule has 0 bridgehead atoms. The molecule has 0 spiro atoms. The summed E-state index contributed by atoms with van der Waals surface area (Å²) in [5.74, 6) is -0.506. The molecule has 0 amide bonds. The normalized spacial score (nSPS) is 12.4. The summed E-state index contributed by atoms with van der Waals surface area (Å²) in [6.45, 7) is 5.12. The van der Waals surface area contributed by atoms with Gasteiger partial charge in [0, 0.05) is 22.8 Å². The highest BCUT2D eigenvalue weighted by Gasteiger charge is 2.06. The molecule has 0 aliphatic heterocycles. The second-order valence-corrected chi connectivity index (χ2v) is 5.97. The summed E-state index contributed by atoms with van der Waals surface area (Å²) in [7, 11) is 0. The molecule has 0 heterocycles. The Labute approximate surface area is 128 Å². The number of benzene rings is 2. The van der Waals surface area contributed by atoms with Crippen LogP contribution in [0.25, 0.3) is 0 Å². The molecule has 1 nitrogen and oxygen atoms in total. The average molecular weight is 307 g/mol. The van der Waals surface area contributed by atoms with Crippen molar-refractivity contribution in [3.63, 3.8) is 0 Å². The van der Waals surface area contributed by atoms with E-state index in [1.165, 1.54) is 17.7 Å². The minimum absolute atomic E-state index is 0.294. The van der Waals surface area contributed by atoms with E-state index in [2.05, 4.69) is 31.3 Å². The quantitative estimate of drug-likeness (QED) is 0.760. The molecular formula is C17H19F2NS. The Morgan fingerprint density at radius 1 is 1.10 bits per heavy atom. The molecule has 112 valence electrons. The number of thioether (sulfide) groups is 1.